The average molecular weight is 190 g/mol. The molecule has 2 aromatic heterocycles. The van der Waals surface area contributed by atoms with Gasteiger partial charge in [0.05, 0.1) is 11.8 Å². The Kier molecular flexibility index (Phi) is 2.18. The first-order valence-electron chi connectivity index (χ1n) is 4.41. The highest BCUT2D eigenvalue weighted by Crippen LogP contribution is 2.08. The summed E-state index contributed by atoms with van der Waals surface area (Å²) in [6.07, 6.45) is 6.31. The van der Waals surface area contributed by atoms with Crippen LogP contribution in [0.25, 0.3) is 0 Å². The second-order valence-electron chi connectivity index (χ2n) is 2.88. The molecule has 0 bridgehead atoms. The SMILES string of the molecule is CCn1ccnc1C(=O)c1ccoc1. The monoisotopic (exact) mass is 190 g/mol. The maximum Gasteiger partial charge on any atom is 0.231 e. The lowest BCUT2D eigenvalue weighted by molar-refractivity contribution is 0.102. The number of rotatable bonds is 3. The van der Waals surface area contributed by atoms with Gasteiger partial charge in [0.1, 0.15) is 6.26 Å². The van der Waals surface area contributed by atoms with Crippen molar-refractivity contribution < 1.29 is 9.21 Å². The molecular weight excluding hydrogens is 180 g/mol. The van der Waals surface area contributed by atoms with Gasteiger partial charge in [0.25, 0.3) is 0 Å². The van der Waals surface area contributed by atoms with Gasteiger partial charge in [-0.15, -0.1) is 0 Å². The van der Waals surface area contributed by atoms with Crippen molar-refractivity contribution in [2.45, 2.75) is 13.5 Å². The van der Waals surface area contributed by atoms with Crippen molar-refractivity contribution in [3.05, 3.63) is 42.4 Å². The zero-order chi connectivity index (χ0) is 9.97. The highest BCUT2D eigenvalue weighted by molar-refractivity contribution is 6.06. The molecule has 0 aromatic carbocycles. The Balaban J connectivity index is 2.36. The van der Waals surface area contributed by atoms with Crippen LogP contribution in [-0.2, 0) is 6.54 Å². The minimum atomic E-state index is -0.106. The Morgan fingerprint density at radius 2 is 2.50 bits per heavy atom. The van der Waals surface area contributed by atoms with Crippen molar-refractivity contribution in [1.82, 2.24) is 9.55 Å². The van der Waals surface area contributed by atoms with Crippen molar-refractivity contribution in [3.8, 4) is 0 Å². The predicted molar refractivity (Wildman–Crippen MR) is 50.0 cm³/mol. The summed E-state index contributed by atoms with van der Waals surface area (Å²) < 4.78 is 6.65. The van der Waals surface area contributed by atoms with E-state index in [1.54, 1.807) is 23.0 Å². The van der Waals surface area contributed by atoms with Crippen LogP contribution >= 0.6 is 0 Å². The van der Waals surface area contributed by atoms with Gasteiger partial charge < -0.3 is 8.98 Å². The van der Waals surface area contributed by atoms with Crippen LogP contribution < -0.4 is 0 Å². The van der Waals surface area contributed by atoms with Gasteiger partial charge in [-0.05, 0) is 13.0 Å². The fourth-order valence-corrected chi connectivity index (χ4v) is 1.30. The summed E-state index contributed by atoms with van der Waals surface area (Å²) in [5, 5.41) is 0. The molecule has 0 saturated heterocycles. The van der Waals surface area contributed by atoms with Crippen molar-refractivity contribution in [1.29, 1.82) is 0 Å². The summed E-state index contributed by atoms with van der Waals surface area (Å²) in [4.78, 5) is 15.8. The summed E-state index contributed by atoms with van der Waals surface area (Å²) in [6, 6.07) is 1.64. The molecule has 0 aliphatic rings. The number of aryl methyl sites for hydroxylation is 1. The van der Waals surface area contributed by atoms with E-state index in [1.807, 2.05) is 6.92 Å². The first-order chi connectivity index (χ1) is 6.83. The van der Waals surface area contributed by atoms with Crippen LogP contribution in [0.2, 0.25) is 0 Å². The van der Waals surface area contributed by atoms with Crippen LogP contribution in [0.1, 0.15) is 23.1 Å². The number of hydrogen-bond acceptors (Lipinski definition) is 3. The topological polar surface area (TPSA) is 48.0 Å². The smallest absolute Gasteiger partial charge is 0.231 e. The third kappa shape index (κ3) is 1.35. The molecule has 14 heavy (non-hydrogen) atoms. The molecule has 0 spiro atoms. The van der Waals surface area contributed by atoms with E-state index in [1.165, 1.54) is 12.5 Å². The molecule has 0 amide bonds. The number of hydrogen-bond donors (Lipinski definition) is 0. The van der Waals surface area contributed by atoms with Gasteiger partial charge in [-0.2, -0.15) is 0 Å². The Bertz CT molecular complexity index is 429. The highest BCUT2D eigenvalue weighted by Gasteiger charge is 2.14. The molecule has 4 heteroatoms. The molecule has 0 radical (unpaired) electrons. The van der Waals surface area contributed by atoms with Gasteiger partial charge in [0.2, 0.25) is 5.78 Å². The summed E-state index contributed by atoms with van der Waals surface area (Å²) in [5.74, 6) is 0.347. The molecule has 0 unspecified atom stereocenters. The summed E-state index contributed by atoms with van der Waals surface area (Å²) in [7, 11) is 0. The summed E-state index contributed by atoms with van der Waals surface area (Å²) in [6.45, 7) is 2.70. The minimum absolute atomic E-state index is 0.106. The highest BCUT2D eigenvalue weighted by atomic mass is 16.3. The lowest BCUT2D eigenvalue weighted by atomic mass is 10.2. The van der Waals surface area contributed by atoms with Crippen molar-refractivity contribution in [2.75, 3.05) is 0 Å². The van der Waals surface area contributed by atoms with Gasteiger partial charge in [0.15, 0.2) is 5.82 Å². The second kappa shape index (κ2) is 3.49. The average Bonchev–Trinajstić information content (AvgIpc) is 2.87. The third-order valence-electron chi connectivity index (χ3n) is 2.04. The van der Waals surface area contributed by atoms with Crippen LogP contribution in [0, 0.1) is 0 Å². The van der Waals surface area contributed by atoms with Crippen LogP contribution in [-0.4, -0.2) is 15.3 Å². The second-order valence-corrected chi connectivity index (χ2v) is 2.88. The van der Waals surface area contributed by atoms with Gasteiger partial charge in [0, 0.05) is 18.9 Å². The van der Waals surface area contributed by atoms with E-state index in [2.05, 4.69) is 4.98 Å². The number of nitrogens with zero attached hydrogens (tertiary/aromatic N) is 2. The van der Waals surface area contributed by atoms with Crippen LogP contribution in [0.15, 0.2) is 35.4 Å². The molecule has 72 valence electrons. The predicted octanol–water partition coefficient (Wildman–Crippen LogP) is 1.73. The first kappa shape index (κ1) is 8.74. The Morgan fingerprint density at radius 3 is 3.14 bits per heavy atom. The Labute approximate surface area is 81.2 Å². The lowest BCUT2D eigenvalue weighted by Gasteiger charge is -2.00. The largest absolute Gasteiger partial charge is 0.472 e. The fourth-order valence-electron chi connectivity index (χ4n) is 1.30. The van der Waals surface area contributed by atoms with Gasteiger partial charge in [-0.1, -0.05) is 0 Å². The number of imidazole rings is 1. The molecule has 2 rings (SSSR count). The third-order valence-corrected chi connectivity index (χ3v) is 2.04. The van der Waals surface area contributed by atoms with E-state index in [0.29, 0.717) is 11.4 Å². The fraction of sp³-hybridized carbons (Fsp3) is 0.200. The quantitative estimate of drug-likeness (QED) is 0.692. The van der Waals surface area contributed by atoms with E-state index in [9.17, 15) is 4.79 Å². The van der Waals surface area contributed by atoms with E-state index < -0.39 is 0 Å². The van der Waals surface area contributed by atoms with Crippen LogP contribution in [0.4, 0.5) is 0 Å². The summed E-state index contributed by atoms with van der Waals surface area (Å²) >= 11 is 0. The molecule has 4 nitrogen and oxygen atoms in total. The number of carbonyl (C=O) groups is 1. The zero-order valence-corrected chi connectivity index (χ0v) is 7.80. The number of ketones is 1. The van der Waals surface area contributed by atoms with Gasteiger partial charge in [-0.3, -0.25) is 4.79 Å². The molecule has 0 N–H and O–H groups in total. The number of carbonyl (C=O) groups excluding carboxylic acids is 1. The Morgan fingerprint density at radius 1 is 1.64 bits per heavy atom. The molecule has 0 atom stereocenters. The van der Waals surface area contributed by atoms with Crippen LogP contribution in [0.5, 0.6) is 0 Å². The molecule has 0 aliphatic heterocycles. The van der Waals surface area contributed by atoms with E-state index in [-0.39, 0.29) is 5.78 Å². The number of furan rings is 1. The van der Waals surface area contributed by atoms with Gasteiger partial charge in [-0.25, -0.2) is 4.98 Å². The molecular formula is C10H10N2O2. The first-order valence-corrected chi connectivity index (χ1v) is 4.41. The maximum absolute atomic E-state index is 11.8. The normalized spacial score (nSPS) is 10.4. The molecule has 2 heterocycles. The van der Waals surface area contributed by atoms with E-state index in [4.69, 9.17) is 4.42 Å². The molecule has 0 fully saturated rings. The minimum Gasteiger partial charge on any atom is -0.472 e. The zero-order valence-electron chi connectivity index (χ0n) is 7.80. The molecule has 0 aliphatic carbocycles. The Hall–Kier alpha value is -1.84. The van der Waals surface area contributed by atoms with Crippen molar-refractivity contribution in [2.24, 2.45) is 0 Å². The van der Waals surface area contributed by atoms with E-state index in [0.717, 1.165) is 6.54 Å². The molecule has 2 aromatic rings. The summed E-state index contributed by atoms with van der Waals surface area (Å²) in [5.41, 5.74) is 0.533. The maximum atomic E-state index is 11.8. The van der Waals surface area contributed by atoms with Crippen molar-refractivity contribution >= 4 is 5.78 Å². The van der Waals surface area contributed by atoms with E-state index >= 15 is 0 Å². The molecule has 0 saturated carbocycles. The van der Waals surface area contributed by atoms with Crippen LogP contribution in [0.3, 0.4) is 0 Å². The standard InChI is InChI=1S/C10H10N2O2/c1-2-12-5-4-11-10(12)9(13)8-3-6-14-7-8/h3-7H,2H2,1H3. The van der Waals surface area contributed by atoms with Crippen molar-refractivity contribution in [3.63, 3.8) is 0 Å². The lowest BCUT2D eigenvalue weighted by Crippen LogP contribution is -2.09. The van der Waals surface area contributed by atoms with Gasteiger partial charge >= 0.3 is 0 Å². The number of aromatic nitrogens is 2.